The summed E-state index contributed by atoms with van der Waals surface area (Å²) in [6, 6.07) is 8.46. The molecular formula is C18H31BrIN3O2. The van der Waals surface area contributed by atoms with E-state index in [1.807, 2.05) is 0 Å². The van der Waals surface area contributed by atoms with Crippen molar-refractivity contribution < 1.29 is 9.47 Å². The minimum absolute atomic E-state index is 0. The largest absolute Gasteiger partial charge is 0.382 e. The van der Waals surface area contributed by atoms with Gasteiger partial charge in [-0.2, -0.15) is 0 Å². The average molecular weight is 528 g/mol. The zero-order chi connectivity index (χ0) is 17.8. The molecular weight excluding hydrogens is 497 g/mol. The molecule has 0 saturated carbocycles. The summed E-state index contributed by atoms with van der Waals surface area (Å²) >= 11 is 3.48. The van der Waals surface area contributed by atoms with Gasteiger partial charge in [-0.25, -0.2) is 0 Å². The highest BCUT2D eigenvalue weighted by Crippen LogP contribution is 2.23. The molecule has 0 spiro atoms. The Morgan fingerprint density at radius 2 is 1.80 bits per heavy atom. The Hall–Kier alpha value is -0.380. The van der Waals surface area contributed by atoms with Crippen LogP contribution in [0.2, 0.25) is 0 Å². The molecule has 0 fully saturated rings. The van der Waals surface area contributed by atoms with Crippen molar-refractivity contribution in [2.75, 3.05) is 47.1 Å². The van der Waals surface area contributed by atoms with Gasteiger partial charge in [0.2, 0.25) is 0 Å². The monoisotopic (exact) mass is 527 g/mol. The summed E-state index contributed by atoms with van der Waals surface area (Å²) in [5.41, 5.74) is 1.31. The second-order valence-electron chi connectivity index (χ2n) is 6.20. The highest BCUT2D eigenvalue weighted by Gasteiger charge is 2.20. The number of guanidine groups is 1. The molecule has 1 aromatic rings. The predicted molar refractivity (Wildman–Crippen MR) is 119 cm³/mol. The number of aliphatic imine (C=N–C) groups is 1. The zero-order valence-corrected chi connectivity index (χ0v) is 19.5. The number of benzene rings is 1. The van der Waals surface area contributed by atoms with Gasteiger partial charge in [0.15, 0.2) is 5.96 Å². The molecule has 0 aromatic heterocycles. The van der Waals surface area contributed by atoms with Crippen molar-refractivity contribution in [3.05, 3.63) is 34.3 Å². The molecule has 1 aromatic carbocycles. The topological polar surface area (TPSA) is 54.9 Å². The number of hydrogen-bond acceptors (Lipinski definition) is 3. The van der Waals surface area contributed by atoms with Gasteiger partial charge in [-0.1, -0.05) is 41.9 Å². The van der Waals surface area contributed by atoms with Gasteiger partial charge in [0, 0.05) is 43.7 Å². The number of ether oxygens (including phenoxy) is 2. The van der Waals surface area contributed by atoms with Gasteiger partial charge in [0.1, 0.15) is 0 Å². The van der Waals surface area contributed by atoms with Gasteiger partial charge in [-0.15, -0.1) is 24.0 Å². The molecule has 5 nitrogen and oxygen atoms in total. The van der Waals surface area contributed by atoms with Crippen molar-refractivity contribution in [3.8, 4) is 0 Å². The Morgan fingerprint density at radius 1 is 1.12 bits per heavy atom. The standard InChI is InChI=1S/C18H30BrN3O2.HI/c1-18(2,15-6-8-16(19)9-7-15)14-22-17(20-3)21-10-5-11-24-13-12-23-4;/h6-9H,5,10-14H2,1-4H3,(H2,20,21,22);1H. The maximum absolute atomic E-state index is 5.44. The summed E-state index contributed by atoms with van der Waals surface area (Å²) < 4.78 is 11.5. The van der Waals surface area contributed by atoms with E-state index < -0.39 is 0 Å². The molecule has 144 valence electrons. The molecule has 0 saturated heterocycles. The summed E-state index contributed by atoms with van der Waals surface area (Å²) in [5, 5.41) is 6.71. The van der Waals surface area contributed by atoms with E-state index in [4.69, 9.17) is 9.47 Å². The molecule has 0 aliphatic heterocycles. The zero-order valence-electron chi connectivity index (χ0n) is 15.6. The fourth-order valence-electron chi connectivity index (χ4n) is 2.15. The third-order valence-corrected chi connectivity index (χ3v) is 4.27. The van der Waals surface area contributed by atoms with Crippen LogP contribution in [0.1, 0.15) is 25.8 Å². The SMILES string of the molecule is CN=C(NCCCOCCOC)NCC(C)(C)c1ccc(Br)cc1.I. The van der Waals surface area contributed by atoms with Crippen LogP contribution in [-0.2, 0) is 14.9 Å². The van der Waals surface area contributed by atoms with Gasteiger partial charge in [0.25, 0.3) is 0 Å². The minimum Gasteiger partial charge on any atom is -0.382 e. The molecule has 0 unspecified atom stereocenters. The van der Waals surface area contributed by atoms with Gasteiger partial charge in [0.05, 0.1) is 13.2 Å². The minimum atomic E-state index is 0. The highest BCUT2D eigenvalue weighted by atomic mass is 127. The van der Waals surface area contributed by atoms with E-state index >= 15 is 0 Å². The smallest absolute Gasteiger partial charge is 0.191 e. The summed E-state index contributed by atoms with van der Waals surface area (Å²) in [5.74, 6) is 0.817. The van der Waals surface area contributed by atoms with Crippen molar-refractivity contribution in [3.63, 3.8) is 0 Å². The summed E-state index contributed by atoms with van der Waals surface area (Å²) in [6.07, 6.45) is 0.931. The molecule has 25 heavy (non-hydrogen) atoms. The first-order valence-corrected chi connectivity index (χ1v) is 9.06. The van der Waals surface area contributed by atoms with Crippen LogP contribution in [0.3, 0.4) is 0 Å². The molecule has 0 aliphatic carbocycles. The molecule has 2 N–H and O–H groups in total. The van der Waals surface area contributed by atoms with Gasteiger partial charge < -0.3 is 20.1 Å². The second kappa shape index (κ2) is 13.8. The third kappa shape index (κ3) is 10.4. The first-order chi connectivity index (χ1) is 11.5. The number of methoxy groups -OCH3 is 1. The van der Waals surface area contributed by atoms with Crippen LogP contribution in [0.15, 0.2) is 33.7 Å². The molecule has 0 heterocycles. The van der Waals surface area contributed by atoms with Crippen molar-refractivity contribution in [2.24, 2.45) is 4.99 Å². The van der Waals surface area contributed by atoms with Crippen LogP contribution in [0, 0.1) is 0 Å². The van der Waals surface area contributed by atoms with Crippen molar-refractivity contribution in [1.29, 1.82) is 0 Å². The third-order valence-electron chi connectivity index (χ3n) is 3.74. The fraction of sp³-hybridized carbons (Fsp3) is 0.611. The normalized spacial score (nSPS) is 11.8. The lowest BCUT2D eigenvalue weighted by Crippen LogP contribution is -2.43. The van der Waals surface area contributed by atoms with E-state index in [1.165, 1.54) is 5.56 Å². The highest BCUT2D eigenvalue weighted by molar-refractivity contribution is 14.0. The molecule has 0 atom stereocenters. The lowest BCUT2D eigenvalue weighted by atomic mass is 9.85. The van der Waals surface area contributed by atoms with E-state index in [9.17, 15) is 0 Å². The van der Waals surface area contributed by atoms with E-state index in [0.717, 1.165) is 36.5 Å². The number of halogens is 2. The summed E-state index contributed by atoms with van der Waals surface area (Å²) in [7, 11) is 3.47. The van der Waals surface area contributed by atoms with E-state index in [1.54, 1.807) is 14.2 Å². The number of hydrogen-bond donors (Lipinski definition) is 2. The maximum Gasteiger partial charge on any atom is 0.191 e. The quantitative estimate of drug-likeness (QED) is 0.211. The Balaban J connectivity index is 0.00000576. The number of rotatable bonds is 10. The molecule has 7 heteroatoms. The van der Waals surface area contributed by atoms with E-state index in [2.05, 4.69) is 69.7 Å². The molecule has 0 aliphatic rings. The van der Waals surface area contributed by atoms with Crippen LogP contribution in [-0.4, -0.2) is 53.0 Å². The summed E-state index contributed by atoms with van der Waals surface area (Å²) in [6.45, 7) is 8.08. The molecule has 0 radical (unpaired) electrons. The van der Waals surface area contributed by atoms with Gasteiger partial charge in [-0.3, -0.25) is 4.99 Å². The Labute approximate surface area is 177 Å². The maximum atomic E-state index is 5.44. The Bertz CT molecular complexity index is 496. The van der Waals surface area contributed by atoms with Gasteiger partial charge >= 0.3 is 0 Å². The molecule has 0 amide bonds. The van der Waals surface area contributed by atoms with Crippen LogP contribution in [0.4, 0.5) is 0 Å². The van der Waals surface area contributed by atoms with Crippen LogP contribution >= 0.6 is 39.9 Å². The first-order valence-electron chi connectivity index (χ1n) is 8.27. The lowest BCUT2D eigenvalue weighted by molar-refractivity contribution is 0.0698. The van der Waals surface area contributed by atoms with Crippen LogP contribution < -0.4 is 10.6 Å². The van der Waals surface area contributed by atoms with E-state index in [-0.39, 0.29) is 29.4 Å². The van der Waals surface area contributed by atoms with Crippen LogP contribution in [0.25, 0.3) is 0 Å². The van der Waals surface area contributed by atoms with Gasteiger partial charge in [-0.05, 0) is 24.1 Å². The van der Waals surface area contributed by atoms with Crippen molar-refractivity contribution >= 4 is 45.9 Å². The average Bonchev–Trinajstić information content (AvgIpc) is 2.57. The number of nitrogens with one attached hydrogen (secondary N) is 2. The van der Waals surface area contributed by atoms with Crippen molar-refractivity contribution in [2.45, 2.75) is 25.7 Å². The van der Waals surface area contributed by atoms with Crippen molar-refractivity contribution in [1.82, 2.24) is 10.6 Å². The predicted octanol–water partition coefficient (Wildman–Crippen LogP) is 3.56. The first kappa shape index (κ1) is 24.6. The second-order valence-corrected chi connectivity index (χ2v) is 7.12. The van der Waals surface area contributed by atoms with E-state index in [0.29, 0.717) is 13.2 Å². The fourth-order valence-corrected chi connectivity index (χ4v) is 2.42. The lowest BCUT2D eigenvalue weighted by Gasteiger charge is -2.27. The summed E-state index contributed by atoms with van der Waals surface area (Å²) in [4.78, 5) is 4.27. The molecule has 1 rings (SSSR count). The molecule has 0 bridgehead atoms. The number of nitrogens with zero attached hydrogens (tertiary/aromatic N) is 1. The Morgan fingerprint density at radius 3 is 2.40 bits per heavy atom. The van der Waals surface area contributed by atoms with Crippen LogP contribution in [0.5, 0.6) is 0 Å². The Kier molecular flexibility index (Phi) is 13.6.